The van der Waals surface area contributed by atoms with Gasteiger partial charge in [-0.1, -0.05) is 86.1 Å². The highest BCUT2D eigenvalue weighted by Crippen LogP contribution is 2.19. The van der Waals surface area contributed by atoms with E-state index in [0.29, 0.717) is 19.5 Å². The van der Waals surface area contributed by atoms with Crippen molar-refractivity contribution in [3.63, 3.8) is 0 Å². The zero-order valence-corrected chi connectivity index (χ0v) is 21.5. The van der Waals surface area contributed by atoms with E-state index in [1.54, 1.807) is 4.90 Å². The van der Waals surface area contributed by atoms with Crippen molar-refractivity contribution >= 4 is 11.8 Å². The third-order valence-electron chi connectivity index (χ3n) is 6.63. The number of rotatable bonds is 11. The fraction of sp³-hybridized carbons (Fsp3) is 0.355. The van der Waals surface area contributed by atoms with Crippen LogP contribution in [0.3, 0.4) is 0 Å². The highest BCUT2D eigenvalue weighted by molar-refractivity contribution is 5.88. The molecule has 0 saturated carbocycles. The topological polar surface area (TPSA) is 49.4 Å². The van der Waals surface area contributed by atoms with E-state index < -0.39 is 6.04 Å². The number of nitrogens with zero attached hydrogens (tertiary/aromatic N) is 1. The molecule has 3 aromatic rings. The minimum Gasteiger partial charge on any atom is -0.354 e. The second-order valence-electron chi connectivity index (χ2n) is 9.39. The predicted molar refractivity (Wildman–Crippen MR) is 143 cm³/mol. The summed E-state index contributed by atoms with van der Waals surface area (Å²) < 4.78 is 0. The third-order valence-corrected chi connectivity index (χ3v) is 6.63. The first-order valence-electron chi connectivity index (χ1n) is 12.6. The molecule has 0 aliphatic rings. The number of hydrogen-bond acceptors (Lipinski definition) is 2. The van der Waals surface area contributed by atoms with Crippen LogP contribution in [-0.2, 0) is 29.0 Å². The zero-order valence-electron chi connectivity index (χ0n) is 21.5. The number of amides is 2. The number of carbonyl (C=O) groups is 2. The van der Waals surface area contributed by atoms with Gasteiger partial charge in [-0.2, -0.15) is 0 Å². The first-order valence-corrected chi connectivity index (χ1v) is 12.6. The average molecular weight is 471 g/mol. The van der Waals surface area contributed by atoms with Crippen LogP contribution in [0.5, 0.6) is 0 Å². The number of carbonyl (C=O) groups excluding carboxylic acids is 2. The molecule has 0 aromatic heterocycles. The van der Waals surface area contributed by atoms with Gasteiger partial charge in [0.25, 0.3) is 0 Å². The molecule has 4 nitrogen and oxygen atoms in total. The van der Waals surface area contributed by atoms with Crippen molar-refractivity contribution in [2.24, 2.45) is 0 Å². The van der Waals surface area contributed by atoms with Crippen molar-refractivity contribution in [3.05, 3.63) is 106 Å². The van der Waals surface area contributed by atoms with Gasteiger partial charge in [-0.3, -0.25) is 9.59 Å². The lowest BCUT2D eigenvalue weighted by Gasteiger charge is -2.32. The zero-order chi connectivity index (χ0) is 25.2. The Bertz CT molecular complexity index is 1120. The van der Waals surface area contributed by atoms with Gasteiger partial charge in [-0.05, 0) is 60.6 Å². The molecule has 0 heterocycles. The second-order valence-corrected chi connectivity index (χ2v) is 9.39. The summed E-state index contributed by atoms with van der Waals surface area (Å²) in [6.07, 6.45) is 2.66. The van der Waals surface area contributed by atoms with E-state index in [1.165, 1.54) is 11.1 Å². The maximum atomic E-state index is 13.8. The molecule has 0 saturated heterocycles. The molecule has 2 amide bonds. The maximum Gasteiger partial charge on any atom is 0.243 e. The SMILES string of the molecule is CCCCNC(=O)C(Cc1ccccc1)N(Cc1ccccc1C)C(=O)Cc1ccc(C)c(C)c1. The van der Waals surface area contributed by atoms with Crippen molar-refractivity contribution in [2.75, 3.05) is 6.54 Å². The Morgan fingerprint density at radius 1 is 0.829 bits per heavy atom. The molecule has 3 aromatic carbocycles. The van der Waals surface area contributed by atoms with E-state index in [2.05, 4.69) is 51.2 Å². The summed E-state index contributed by atoms with van der Waals surface area (Å²) in [5.41, 5.74) is 6.55. The van der Waals surface area contributed by atoms with Gasteiger partial charge in [0.15, 0.2) is 0 Å². The van der Waals surface area contributed by atoms with Crippen molar-refractivity contribution in [1.82, 2.24) is 10.2 Å². The van der Waals surface area contributed by atoms with E-state index in [9.17, 15) is 9.59 Å². The Hall–Kier alpha value is -3.40. The van der Waals surface area contributed by atoms with Crippen LogP contribution < -0.4 is 5.32 Å². The molecule has 1 N–H and O–H groups in total. The normalized spacial score (nSPS) is 11.7. The summed E-state index contributed by atoms with van der Waals surface area (Å²) in [7, 11) is 0. The van der Waals surface area contributed by atoms with Crippen LogP contribution in [0.1, 0.15) is 53.1 Å². The summed E-state index contributed by atoms with van der Waals surface area (Å²) in [6, 6.07) is 23.6. The second kappa shape index (κ2) is 12.9. The molecule has 0 bridgehead atoms. The third kappa shape index (κ3) is 7.54. The van der Waals surface area contributed by atoms with Gasteiger partial charge in [-0.25, -0.2) is 0 Å². The molecular weight excluding hydrogens is 432 g/mol. The van der Waals surface area contributed by atoms with Crippen LogP contribution in [0.15, 0.2) is 72.8 Å². The molecular formula is C31H38N2O2. The molecule has 1 atom stereocenters. The van der Waals surface area contributed by atoms with Crippen LogP contribution >= 0.6 is 0 Å². The van der Waals surface area contributed by atoms with Crippen LogP contribution in [0, 0.1) is 20.8 Å². The summed E-state index contributed by atoms with van der Waals surface area (Å²) in [5, 5.41) is 3.09. The highest BCUT2D eigenvalue weighted by Gasteiger charge is 2.30. The fourth-order valence-electron chi connectivity index (χ4n) is 4.22. The molecule has 0 aliphatic carbocycles. The minimum atomic E-state index is -0.590. The van der Waals surface area contributed by atoms with Gasteiger partial charge < -0.3 is 10.2 Å². The minimum absolute atomic E-state index is 0.0388. The van der Waals surface area contributed by atoms with Crippen LogP contribution in [-0.4, -0.2) is 29.3 Å². The van der Waals surface area contributed by atoms with Gasteiger partial charge in [0.1, 0.15) is 6.04 Å². The van der Waals surface area contributed by atoms with Crippen LogP contribution in [0.25, 0.3) is 0 Å². The molecule has 184 valence electrons. The number of hydrogen-bond donors (Lipinski definition) is 1. The summed E-state index contributed by atoms with van der Waals surface area (Å²) in [5.74, 6) is -0.132. The van der Waals surface area contributed by atoms with Crippen LogP contribution in [0.4, 0.5) is 0 Å². The Kier molecular flexibility index (Phi) is 9.66. The lowest BCUT2D eigenvalue weighted by molar-refractivity contribution is -0.140. The fourth-order valence-corrected chi connectivity index (χ4v) is 4.22. The van der Waals surface area contributed by atoms with E-state index >= 15 is 0 Å². The predicted octanol–water partition coefficient (Wildman–Crippen LogP) is 5.71. The van der Waals surface area contributed by atoms with E-state index in [-0.39, 0.29) is 18.2 Å². The van der Waals surface area contributed by atoms with Crippen molar-refractivity contribution in [1.29, 1.82) is 0 Å². The number of aryl methyl sites for hydroxylation is 3. The van der Waals surface area contributed by atoms with Crippen LogP contribution in [0.2, 0.25) is 0 Å². The Morgan fingerprint density at radius 3 is 2.23 bits per heavy atom. The van der Waals surface area contributed by atoms with Gasteiger partial charge >= 0.3 is 0 Å². The van der Waals surface area contributed by atoms with Crippen molar-refractivity contribution in [2.45, 2.75) is 66.0 Å². The van der Waals surface area contributed by atoms with Crippen molar-refractivity contribution < 1.29 is 9.59 Å². The van der Waals surface area contributed by atoms with E-state index in [1.807, 2.05) is 54.6 Å². The summed E-state index contributed by atoms with van der Waals surface area (Å²) >= 11 is 0. The average Bonchev–Trinajstić information content (AvgIpc) is 2.85. The monoisotopic (exact) mass is 470 g/mol. The van der Waals surface area contributed by atoms with E-state index in [0.717, 1.165) is 35.1 Å². The molecule has 1 unspecified atom stereocenters. The molecule has 0 fully saturated rings. The van der Waals surface area contributed by atoms with Gasteiger partial charge in [-0.15, -0.1) is 0 Å². The Morgan fingerprint density at radius 2 is 1.54 bits per heavy atom. The van der Waals surface area contributed by atoms with Gasteiger partial charge in [0.2, 0.25) is 11.8 Å². The number of benzene rings is 3. The Balaban J connectivity index is 1.96. The molecule has 0 aliphatic heterocycles. The standard InChI is InChI=1S/C31H38N2O2/c1-5-6-18-32-31(35)29(20-26-13-8-7-9-14-26)33(22-28-15-11-10-12-24(28)3)30(34)21-27-17-16-23(2)25(4)19-27/h7-17,19,29H,5-6,18,20-22H2,1-4H3,(H,32,35). The molecule has 3 rings (SSSR count). The first-order chi connectivity index (χ1) is 16.9. The van der Waals surface area contributed by atoms with E-state index in [4.69, 9.17) is 0 Å². The quantitative estimate of drug-likeness (QED) is 0.365. The highest BCUT2D eigenvalue weighted by atomic mass is 16.2. The summed E-state index contributed by atoms with van der Waals surface area (Å²) in [6.45, 7) is 9.30. The Labute approximate surface area is 210 Å². The molecule has 35 heavy (non-hydrogen) atoms. The van der Waals surface area contributed by atoms with Gasteiger partial charge in [0, 0.05) is 19.5 Å². The summed E-state index contributed by atoms with van der Waals surface area (Å²) in [4.78, 5) is 29.1. The smallest absolute Gasteiger partial charge is 0.243 e. The largest absolute Gasteiger partial charge is 0.354 e. The van der Waals surface area contributed by atoms with Crippen molar-refractivity contribution in [3.8, 4) is 0 Å². The molecule has 4 heteroatoms. The lowest BCUT2D eigenvalue weighted by Crippen LogP contribution is -2.51. The first kappa shape index (κ1) is 26.2. The number of nitrogens with one attached hydrogen (secondary N) is 1. The molecule has 0 spiro atoms. The number of unbranched alkanes of at least 4 members (excludes halogenated alkanes) is 1. The molecule has 0 radical (unpaired) electrons. The maximum absolute atomic E-state index is 13.8. The van der Waals surface area contributed by atoms with Gasteiger partial charge in [0.05, 0.1) is 6.42 Å². The lowest BCUT2D eigenvalue weighted by atomic mass is 9.99.